The number of carbonyl (C=O) groups excluding carboxylic acids is 1. The first-order chi connectivity index (χ1) is 9.02. The van der Waals surface area contributed by atoms with Crippen LogP contribution >= 0.6 is 15.9 Å². The van der Waals surface area contributed by atoms with Crippen molar-refractivity contribution in [3.05, 3.63) is 38.3 Å². The van der Waals surface area contributed by atoms with Crippen LogP contribution in [0.15, 0.2) is 22.7 Å². The Balaban J connectivity index is 2.20. The van der Waals surface area contributed by atoms with Gasteiger partial charge in [-0.1, -0.05) is 15.9 Å². The van der Waals surface area contributed by atoms with E-state index in [0.29, 0.717) is 16.9 Å². The number of nitrogens with zero attached hydrogens (tertiary/aromatic N) is 1. The van der Waals surface area contributed by atoms with E-state index in [-0.39, 0.29) is 17.3 Å². The smallest absolute Gasteiger partial charge is 0.283 e. The molecule has 1 fully saturated rings. The minimum absolute atomic E-state index is 0.0623. The summed E-state index contributed by atoms with van der Waals surface area (Å²) in [5.74, 6) is -0.0370. The van der Waals surface area contributed by atoms with Crippen molar-refractivity contribution in [3.63, 3.8) is 0 Å². The van der Waals surface area contributed by atoms with Gasteiger partial charge >= 0.3 is 0 Å². The molecule has 0 spiro atoms. The molecule has 1 aromatic rings. The number of amides is 1. The second-order valence-corrected chi connectivity index (χ2v) is 5.49. The van der Waals surface area contributed by atoms with Crippen LogP contribution in [0.3, 0.4) is 0 Å². The molecule has 1 atom stereocenters. The van der Waals surface area contributed by atoms with Crippen molar-refractivity contribution < 1.29 is 9.72 Å². The zero-order chi connectivity index (χ0) is 14.0. The second kappa shape index (κ2) is 5.66. The third-order valence-electron chi connectivity index (χ3n) is 3.16. The lowest BCUT2D eigenvalue weighted by atomic mass is 10.1. The molecule has 0 aliphatic heterocycles. The summed E-state index contributed by atoms with van der Waals surface area (Å²) in [4.78, 5) is 22.5. The quantitative estimate of drug-likeness (QED) is 0.636. The Kier molecular flexibility index (Phi) is 4.16. The number of rotatable bonds is 5. The number of nitro groups is 1. The molecule has 3 N–H and O–H groups in total. The van der Waals surface area contributed by atoms with Crippen LogP contribution in [0.4, 0.5) is 5.69 Å². The highest BCUT2D eigenvalue weighted by Crippen LogP contribution is 2.32. The first kappa shape index (κ1) is 14.0. The van der Waals surface area contributed by atoms with E-state index in [1.807, 2.05) is 0 Å². The molecule has 1 aliphatic carbocycles. The number of nitrogens with one attached hydrogen (secondary N) is 1. The maximum absolute atomic E-state index is 12.1. The molecule has 1 aliphatic rings. The van der Waals surface area contributed by atoms with Gasteiger partial charge in [0.25, 0.3) is 11.6 Å². The fourth-order valence-electron chi connectivity index (χ4n) is 1.96. The molecule has 19 heavy (non-hydrogen) atoms. The van der Waals surface area contributed by atoms with Gasteiger partial charge in [0, 0.05) is 23.1 Å². The minimum atomic E-state index is -0.561. The predicted octanol–water partition coefficient (Wildman–Crippen LogP) is 1.82. The molecule has 6 nitrogen and oxygen atoms in total. The Labute approximate surface area is 118 Å². The minimum Gasteiger partial charge on any atom is -0.348 e. The van der Waals surface area contributed by atoms with Crippen LogP contribution in [-0.4, -0.2) is 23.4 Å². The van der Waals surface area contributed by atoms with Crippen LogP contribution in [0, 0.1) is 16.0 Å². The van der Waals surface area contributed by atoms with E-state index < -0.39 is 10.8 Å². The van der Waals surface area contributed by atoms with E-state index in [2.05, 4.69) is 21.2 Å². The van der Waals surface area contributed by atoms with E-state index in [1.165, 1.54) is 12.1 Å². The van der Waals surface area contributed by atoms with Gasteiger partial charge in [-0.2, -0.15) is 0 Å². The monoisotopic (exact) mass is 327 g/mol. The highest BCUT2D eigenvalue weighted by Gasteiger charge is 2.32. The van der Waals surface area contributed by atoms with E-state index >= 15 is 0 Å². The van der Waals surface area contributed by atoms with E-state index in [4.69, 9.17) is 5.73 Å². The number of halogens is 1. The number of nitrogens with two attached hydrogens (primary N) is 1. The average Bonchev–Trinajstić information content (AvgIpc) is 3.19. The van der Waals surface area contributed by atoms with Gasteiger partial charge in [0.05, 0.1) is 4.92 Å². The number of nitro benzene ring substituents is 1. The summed E-state index contributed by atoms with van der Waals surface area (Å²) in [6.07, 6.45) is 2.09. The fourth-order valence-corrected chi connectivity index (χ4v) is 2.31. The summed E-state index contributed by atoms with van der Waals surface area (Å²) < 4.78 is 0.563. The highest BCUT2D eigenvalue weighted by atomic mass is 79.9. The first-order valence-electron chi connectivity index (χ1n) is 5.97. The molecular weight excluding hydrogens is 314 g/mol. The lowest BCUT2D eigenvalue weighted by Crippen LogP contribution is -2.41. The molecule has 0 heterocycles. The maximum atomic E-state index is 12.1. The molecule has 7 heteroatoms. The average molecular weight is 328 g/mol. The Bertz CT molecular complexity index is 517. The van der Waals surface area contributed by atoms with Crippen molar-refractivity contribution in [2.75, 3.05) is 6.54 Å². The molecule has 1 aromatic carbocycles. The SMILES string of the molecule is NCC(NC(=O)c1ccc(Br)cc1[N+](=O)[O-])C1CC1. The summed E-state index contributed by atoms with van der Waals surface area (Å²) in [5, 5.41) is 13.7. The molecule has 0 saturated heterocycles. The zero-order valence-corrected chi connectivity index (χ0v) is 11.7. The molecule has 1 amide bonds. The Morgan fingerprint density at radius 1 is 1.58 bits per heavy atom. The van der Waals surface area contributed by atoms with Gasteiger partial charge in [0.2, 0.25) is 0 Å². The van der Waals surface area contributed by atoms with Gasteiger partial charge in [-0.15, -0.1) is 0 Å². The van der Waals surface area contributed by atoms with Gasteiger partial charge in [-0.05, 0) is 30.9 Å². The van der Waals surface area contributed by atoms with Gasteiger partial charge < -0.3 is 11.1 Å². The van der Waals surface area contributed by atoms with Gasteiger partial charge in [-0.25, -0.2) is 0 Å². The fraction of sp³-hybridized carbons (Fsp3) is 0.417. The summed E-state index contributed by atoms with van der Waals surface area (Å²) in [6, 6.07) is 4.27. The molecular formula is C12H14BrN3O3. The second-order valence-electron chi connectivity index (χ2n) is 4.57. The van der Waals surface area contributed by atoms with Crippen LogP contribution in [-0.2, 0) is 0 Å². The number of carbonyl (C=O) groups is 1. The number of hydrogen-bond donors (Lipinski definition) is 2. The van der Waals surface area contributed by atoms with Crippen molar-refractivity contribution in [2.45, 2.75) is 18.9 Å². The molecule has 0 bridgehead atoms. The molecule has 1 unspecified atom stereocenters. The summed E-state index contributed by atoms with van der Waals surface area (Å²) in [5.41, 5.74) is 5.46. The van der Waals surface area contributed by atoms with Crippen LogP contribution < -0.4 is 11.1 Å². The Morgan fingerprint density at radius 2 is 2.26 bits per heavy atom. The number of hydrogen-bond acceptors (Lipinski definition) is 4. The van der Waals surface area contributed by atoms with E-state index in [0.717, 1.165) is 12.8 Å². The molecule has 0 radical (unpaired) electrons. The highest BCUT2D eigenvalue weighted by molar-refractivity contribution is 9.10. The van der Waals surface area contributed by atoms with Crippen molar-refractivity contribution in [1.29, 1.82) is 0 Å². The molecule has 1 saturated carbocycles. The standard InChI is InChI=1S/C12H14BrN3O3/c13-8-3-4-9(11(5-8)16(18)19)12(17)15-10(6-14)7-1-2-7/h3-5,7,10H,1-2,6,14H2,(H,15,17). The van der Waals surface area contributed by atoms with Gasteiger partial charge in [-0.3, -0.25) is 14.9 Å². The van der Waals surface area contributed by atoms with Crippen LogP contribution in [0.25, 0.3) is 0 Å². The third kappa shape index (κ3) is 3.30. The lowest BCUT2D eigenvalue weighted by molar-refractivity contribution is -0.385. The van der Waals surface area contributed by atoms with Crippen molar-refractivity contribution >= 4 is 27.5 Å². The van der Waals surface area contributed by atoms with Crippen molar-refractivity contribution in [1.82, 2.24) is 5.32 Å². The van der Waals surface area contributed by atoms with Gasteiger partial charge in [0.15, 0.2) is 0 Å². The Hall–Kier alpha value is -1.47. The first-order valence-corrected chi connectivity index (χ1v) is 6.77. The number of benzene rings is 1. The van der Waals surface area contributed by atoms with Crippen LogP contribution in [0.2, 0.25) is 0 Å². The summed E-state index contributed by atoms with van der Waals surface area (Å²) >= 11 is 3.16. The third-order valence-corrected chi connectivity index (χ3v) is 3.66. The van der Waals surface area contributed by atoms with Crippen LogP contribution in [0.1, 0.15) is 23.2 Å². The molecule has 2 rings (SSSR count). The summed E-state index contributed by atoms with van der Waals surface area (Å²) in [6.45, 7) is 0.348. The van der Waals surface area contributed by atoms with E-state index in [9.17, 15) is 14.9 Å². The maximum Gasteiger partial charge on any atom is 0.283 e. The van der Waals surface area contributed by atoms with Crippen LogP contribution in [0.5, 0.6) is 0 Å². The predicted molar refractivity (Wildman–Crippen MR) is 73.8 cm³/mol. The Morgan fingerprint density at radius 3 is 2.79 bits per heavy atom. The normalized spacial score (nSPS) is 15.9. The zero-order valence-electron chi connectivity index (χ0n) is 10.1. The summed E-state index contributed by atoms with van der Waals surface area (Å²) in [7, 11) is 0. The topological polar surface area (TPSA) is 98.3 Å². The van der Waals surface area contributed by atoms with E-state index in [1.54, 1.807) is 6.07 Å². The molecule has 0 aromatic heterocycles. The lowest BCUT2D eigenvalue weighted by Gasteiger charge is -2.15. The van der Waals surface area contributed by atoms with Crippen molar-refractivity contribution in [2.24, 2.45) is 11.7 Å². The van der Waals surface area contributed by atoms with Gasteiger partial charge in [0.1, 0.15) is 5.56 Å². The molecule has 102 valence electrons. The van der Waals surface area contributed by atoms with Crippen molar-refractivity contribution in [3.8, 4) is 0 Å². The largest absolute Gasteiger partial charge is 0.348 e.